The number of nitrogens with zero attached hydrogens (tertiary/aromatic N) is 3. The van der Waals surface area contributed by atoms with Gasteiger partial charge in [-0.1, -0.05) is 29.8 Å². The number of aromatic amines is 1. The number of benzene rings is 2. The van der Waals surface area contributed by atoms with E-state index in [0.717, 1.165) is 30.2 Å². The number of halogens is 1. The van der Waals surface area contributed by atoms with Gasteiger partial charge in [0.05, 0.1) is 23.3 Å². The third kappa shape index (κ3) is 3.72. The highest BCUT2D eigenvalue weighted by molar-refractivity contribution is 7.90. The zero-order valence-electron chi connectivity index (χ0n) is 20.4. The molecular weight excluding hydrogens is 498 g/mol. The fraction of sp³-hybridized carbons (Fsp3) is 0.423. The van der Waals surface area contributed by atoms with Gasteiger partial charge < -0.3 is 10.3 Å². The standard InChI is InChI=1S/C26H30ClN5O3S/c1-30(2)26(11-12-26)18-6-8-19(9-7-18)32-16-24-22(4-3-13-31(24)36(32,34)35)29-25(33)17-5-10-20-21(27)15-28-23(20)14-17/h5-10,14-15,22,24,28H,3-4,11-13,16H2,1-2H3,(H,29,33)/t22-,24+/m0/s1. The lowest BCUT2D eigenvalue weighted by atomic mass is 9.97. The van der Waals surface area contributed by atoms with Gasteiger partial charge >= 0.3 is 10.2 Å². The monoisotopic (exact) mass is 527 g/mol. The highest BCUT2D eigenvalue weighted by atomic mass is 35.5. The van der Waals surface area contributed by atoms with E-state index in [4.69, 9.17) is 11.6 Å². The largest absolute Gasteiger partial charge is 0.360 e. The third-order valence-corrected chi connectivity index (χ3v) is 10.4. The molecule has 0 bridgehead atoms. The highest BCUT2D eigenvalue weighted by Crippen LogP contribution is 2.50. The lowest BCUT2D eigenvalue weighted by molar-refractivity contribution is 0.0901. The number of piperidine rings is 1. The van der Waals surface area contributed by atoms with E-state index in [9.17, 15) is 13.2 Å². The number of carbonyl (C=O) groups excluding carboxylic acids is 1. The van der Waals surface area contributed by atoms with Gasteiger partial charge in [0, 0.05) is 40.8 Å². The number of amides is 1. The maximum atomic E-state index is 13.5. The molecule has 1 saturated carbocycles. The fourth-order valence-electron chi connectivity index (χ4n) is 5.86. The van der Waals surface area contributed by atoms with Crippen molar-refractivity contribution in [2.45, 2.75) is 43.3 Å². The van der Waals surface area contributed by atoms with Crippen molar-refractivity contribution < 1.29 is 13.2 Å². The Bertz CT molecular complexity index is 1430. The molecule has 190 valence electrons. The summed E-state index contributed by atoms with van der Waals surface area (Å²) in [5.41, 5.74) is 3.27. The predicted molar refractivity (Wildman–Crippen MR) is 142 cm³/mol. The molecule has 2 aromatic carbocycles. The molecule has 0 unspecified atom stereocenters. The summed E-state index contributed by atoms with van der Waals surface area (Å²) >= 11 is 6.16. The van der Waals surface area contributed by atoms with Crippen LogP contribution >= 0.6 is 11.6 Å². The maximum Gasteiger partial charge on any atom is 0.304 e. The van der Waals surface area contributed by atoms with Crippen LogP contribution in [0.2, 0.25) is 5.02 Å². The van der Waals surface area contributed by atoms with Gasteiger partial charge in [0.25, 0.3) is 5.91 Å². The van der Waals surface area contributed by atoms with Crippen LogP contribution in [-0.4, -0.2) is 67.8 Å². The highest BCUT2D eigenvalue weighted by Gasteiger charge is 2.50. The number of hydrogen-bond donors (Lipinski definition) is 2. The normalized spacial score (nSPS) is 24.7. The summed E-state index contributed by atoms with van der Waals surface area (Å²) in [6, 6.07) is 12.7. The van der Waals surface area contributed by atoms with E-state index in [1.54, 1.807) is 22.6 Å². The molecule has 1 aromatic heterocycles. The summed E-state index contributed by atoms with van der Waals surface area (Å²) in [6.45, 7) is 0.779. The van der Waals surface area contributed by atoms with Crippen LogP contribution in [0.1, 0.15) is 41.6 Å². The SMILES string of the molecule is CN(C)C1(c2ccc(N3C[C@@H]4[C@@H](NC(=O)c5ccc6c(Cl)c[nH]c6c5)CCCN4S3(=O)=O)cc2)CC1. The first-order valence-electron chi connectivity index (χ1n) is 12.4. The van der Waals surface area contributed by atoms with Crippen LogP contribution < -0.4 is 9.62 Å². The van der Waals surface area contributed by atoms with Gasteiger partial charge in [0.15, 0.2) is 0 Å². The second kappa shape index (κ2) is 8.48. The molecule has 6 rings (SSSR count). The summed E-state index contributed by atoms with van der Waals surface area (Å²) in [5.74, 6) is -0.215. The van der Waals surface area contributed by atoms with Crippen molar-refractivity contribution in [2.75, 3.05) is 31.5 Å². The number of nitrogens with one attached hydrogen (secondary N) is 2. The molecule has 36 heavy (non-hydrogen) atoms. The number of rotatable bonds is 5. The second-order valence-corrected chi connectivity index (χ2v) is 12.5. The van der Waals surface area contributed by atoms with E-state index in [0.29, 0.717) is 35.8 Å². The predicted octanol–water partition coefficient (Wildman–Crippen LogP) is 3.70. The first-order chi connectivity index (χ1) is 17.2. The zero-order chi connectivity index (χ0) is 25.2. The number of aromatic nitrogens is 1. The van der Waals surface area contributed by atoms with Gasteiger partial charge in [-0.25, -0.2) is 0 Å². The molecule has 3 fully saturated rings. The van der Waals surface area contributed by atoms with Crippen molar-refractivity contribution in [2.24, 2.45) is 0 Å². The quantitative estimate of drug-likeness (QED) is 0.529. The van der Waals surface area contributed by atoms with Gasteiger partial charge in [-0.3, -0.25) is 14.0 Å². The van der Waals surface area contributed by atoms with Crippen LogP contribution in [0.5, 0.6) is 0 Å². The summed E-state index contributed by atoms with van der Waals surface area (Å²) in [4.78, 5) is 18.4. The van der Waals surface area contributed by atoms with E-state index >= 15 is 0 Å². The smallest absolute Gasteiger partial charge is 0.304 e. The van der Waals surface area contributed by atoms with Crippen LogP contribution in [0.4, 0.5) is 5.69 Å². The van der Waals surface area contributed by atoms with Crippen molar-refractivity contribution in [3.63, 3.8) is 0 Å². The number of fused-ring (bicyclic) bond motifs is 2. The van der Waals surface area contributed by atoms with Gasteiger partial charge in [-0.05, 0) is 69.6 Å². The molecule has 2 N–H and O–H groups in total. The molecule has 1 aliphatic carbocycles. The van der Waals surface area contributed by atoms with E-state index in [1.807, 2.05) is 18.2 Å². The summed E-state index contributed by atoms with van der Waals surface area (Å²) in [5, 5.41) is 4.58. The number of hydrogen-bond acceptors (Lipinski definition) is 4. The first kappa shape index (κ1) is 23.8. The Balaban J connectivity index is 1.22. The third-order valence-electron chi connectivity index (χ3n) is 8.14. The van der Waals surface area contributed by atoms with Gasteiger partial charge in [-0.15, -0.1) is 0 Å². The minimum Gasteiger partial charge on any atom is -0.360 e. The fourth-order valence-corrected chi connectivity index (χ4v) is 7.98. The van der Waals surface area contributed by atoms with Gasteiger partial charge in [0.2, 0.25) is 0 Å². The molecule has 2 atom stereocenters. The second-order valence-electron chi connectivity index (χ2n) is 10.3. The first-order valence-corrected chi connectivity index (χ1v) is 14.1. The van der Waals surface area contributed by atoms with Crippen LogP contribution in [-0.2, 0) is 15.7 Å². The lowest BCUT2D eigenvalue weighted by Crippen LogP contribution is -2.54. The van der Waals surface area contributed by atoms with Crippen LogP contribution in [0.3, 0.4) is 0 Å². The summed E-state index contributed by atoms with van der Waals surface area (Å²) < 4.78 is 30.0. The molecule has 3 heterocycles. The summed E-state index contributed by atoms with van der Waals surface area (Å²) in [7, 11) is 0.510. The molecule has 8 nitrogen and oxygen atoms in total. The van der Waals surface area contributed by atoms with E-state index in [1.165, 1.54) is 9.87 Å². The van der Waals surface area contributed by atoms with Crippen LogP contribution in [0, 0.1) is 0 Å². The molecular formula is C26H30ClN5O3S. The summed E-state index contributed by atoms with van der Waals surface area (Å²) in [6.07, 6.45) is 5.36. The van der Waals surface area contributed by atoms with Crippen molar-refractivity contribution in [1.29, 1.82) is 0 Å². The number of H-pyrrole nitrogens is 1. The molecule has 10 heteroatoms. The molecule has 2 saturated heterocycles. The Morgan fingerprint density at radius 1 is 1.17 bits per heavy atom. The van der Waals surface area contributed by atoms with Crippen molar-refractivity contribution in [1.82, 2.24) is 19.5 Å². The zero-order valence-corrected chi connectivity index (χ0v) is 21.9. The van der Waals surface area contributed by atoms with Crippen molar-refractivity contribution in [3.05, 3.63) is 64.8 Å². The number of anilines is 1. The topological polar surface area (TPSA) is 88.8 Å². The van der Waals surface area contributed by atoms with Crippen molar-refractivity contribution >= 4 is 44.3 Å². The molecule has 1 amide bonds. The molecule has 3 aromatic rings. The van der Waals surface area contributed by atoms with E-state index in [-0.39, 0.29) is 23.5 Å². The average Bonchev–Trinajstić information content (AvgIpc) is 3.54. The average molecular weight is 528 g/mol. The van der Waals surface area contributed by atoms with E-state index in [2.05, 4.69) is 41.4 Å². The van der Waals surface area contributed by atoms with Crippen LogP contribution in [0.15, 0.2) is 48.7 Å². The molecule has 0 spiro atoms. The Kier molecular flexibility index (Phi) is 5.60. The van der Waals surface area contributed by atoms with Crippen molar-refractivity contribution in [3.8, 4) is 0 Å². The minimum absolute atomic E-state index is 0.0732. The lowest BCUT2D eigenvalue weighted by Gasteiger charge is -2.34. The Morgan fingerprint density at radius 2 is 1.92 bits per heavy atom. The molecule has 0 radical (unpaired) electrons. The Labute approximate surface area is 216 Å². The van der Waals surface area contributed by atoms with Gasteiger partial charge in [0.1, 0.15) is 0 Å². The Hall–Kier alpha value is -2.59. The molecule has 3 aliphatic rings. The number of carbonyl (C=O) groups is 1. The maximum absolute atomic E-state index is 13.5. The molecule has 2 aliphatic heterocycles. The van der Waals surface area contributed by atoms with Crippen LogP contribution in [0.25, 0.3) is 10.9 Å². The minimum atomic E-state index is -3.66. The van der Waals surface area contributed by atoms with E-state index < -0.39 is 10.2 Å². The Morgan fingerprint density at radius 3 is 2.61 bits per heavy atom. The van der Waals surface area contributed by atoms with Gasteiger partial charge in [-0.2, -0.15) is 12.7 Å².